The van der Waals surface area contributed by atoms with Crippen LogP contribution in [0.15, 0.2) is 66.2 Å². The molecule has 0 aromatic heterocycles. The first-order valence-corrected chi connectivity index (χ1v) is 9.94. The summed E-state index contributed by atoms with van der Waals surface area (Å²) in [6.45, 7) is 8.33. The number of carbonyl (C=O) groups excluding carboxylic acids is 1. The standard InChI is InChI=1S/C23H30N4O3.HI/c1-4-15-30-21-12-7-6-9-19(21)17-27-23(24-5-2)26-14-13-25-22(28)18-10-8-11-20(16-18)29-3;/h4,6-12,16H,1,5,13-15,17H2,2-3H3,(H,25,28)(H2,24,26,27);1H. The molecule has 2 rings (SSSR count). The monoisotopic (exact) mass is 538 g/mol. The highest BCUT2D eigenvalue weighted by molar-refractivity contribution is 14.0. The highest BCUT2D eigenvalue weighted by Crippen LogP contribution is 2.18. The van der Waals surface area contributed by atoms with Gasteiger partial charge in [-0.2, -0.15) is 0 Å². The zero-order chi connectivity index (χ0) is 21.6. The number of methoxy groups -OCH3 is 1. The number of aliphatic imine (C=N–C) groups is 1. The van der Waals surface area contributed by atoms with E-state index in [1.165, 1.54) is 0 Å². The van der Waals surface area contributed by atoms with Crippen LogP contribution in [0.1, 0.15) is 22.8 Å². The Labute approximate surface area is 201 Å². The number of benzene rings is 2. The Morgan fingerprint density at radius 3 is 2.61 bits per heavy atom. The molecule has 8 heteroatoms. The third kappa shape index (κ3) is 9.29. The molecule has 31 heavy (non-hydrogen) atoms. The van der Waals surface area contributed by atoms with Gasteiger partial charge in [0.2, 0.25) is 0 Å². The minimum Gasteiger partial charge on any atom is -0.497 e. The normalized spacial score (nSPS) is 10.5. The summed E-state index contributed by atoms with van der Waals surface area (Å²) in [5, 5.41) is 9.31. The summed E-state index contributed by atoms with van der Waals surface area (Å²) in [4.78, 5) is 16.9. The van der Waals surface area contributed by atoms with E-state index in [2.05, 4.69) is 27.5 Å². The van der Waals surface area contributed by atoms with Gasteiger partial charge in [0.15, 0.2) is 5.96 Å². The van der Waals surface area contributed by atoms with Crippen LogP contribution in [0, 0.1) is 0 Å². The molecule has 2 aromatic rings. The summed E-state index contributed by atoms with van der Waals surface area (Å²) < 4.78 is 10.8. The quantitative estimate of drug-likeness (QED) is 0.134. The van der Waals surface area contributed by atoms with E-state index in [0.717, 1.165) is 17.9 Å². The Balaban J connectivity index is 0.00000480. The molecule has 1 amide bonds. The minimum absolute atomic E-state index is 0. The molecular weight excluding hydrogens is 507 g/mol. The second-order valence-corrected chi connectivity index (χ2v) is 6.32. The number of halogens is 1. The number of ether oxygens (including phenoxy) is 2. The molecule has 0 unspecified atom stereocenters. The van der Waals surface area contributed by atoms with E-state index in [1.54, 1.807) is 37.5 Å². The maximum atomic E-state index is 12.3. The predicted octanol–water partition coefficient (Wildman–Crippen LogP) is 3.36. The van der Waals surface area contributed by atoms with E-state index in [1.807, 2.05) is 31.2 Å². The van der Waals surface area contributed by atoms with E-state index in [-0.39, 0.29) is 29.9 Å². The SMILES string of the molecule is C=CCOc1ccccc1CN=C(NCC)NCCNC(=O)c1cccc(OC)c1.I. The Morgan fingerprint density at radius 2 is 1.87 bits per heavy atom. The Bertz CT molecular complexity index is 858. The van der Waals surface area contributed by atoms with Gasteiger partial charge in [-0.3, -0.25) is 4.79 Å². The molecule has 0 aliphatic carbocycles. The van der Waals surface area contributed by atoms with Gasteiger partial charge < -0.3 is 25.4 Å². The zero-order valence-corrected chi connectivity index (χ0v) is 20.3. The number of amides is 1. The largest absolute Gasteiger partial charge is 0.497 e. The van der Waals surface area contributed by atoms with Crippen molar-refractivity contribution < 1.29 is 14.3 Å². The Kier molecular flexibility index (Phi) is 12.8. The van der Waals surface area contributed by atoms with Crippen molar-refractivity contribution in [3.8, 4) is 11.5 Å². The van der Waals surface area contributed by atoms with Crippen LogP contribution < -0.4 is 25.4 Å². The van der Waals surface area contributed by atoms with Crippen molar-refractivity contribution in [2.24, 2.45) is 4.99 Å². The van der Waals surface area contributed by atoms with Crippen LogP contribution in [0.5, 0.6) is 11.5 Å². The molecule has 0 radical (unpaired) electrons. The lowest BCUT2D eigenvalue weighted by Crippen LogP contribution is -2.41. The third-order valence-corrected chi connectivity index (χ3v) is 4.12. The fourth-order valence-corrected chi connectivity index (χ4v) is 2.65. The predicted molar refractivity (Wildman–Crippen MR) is 136 cm³/mol. The summed E-state index contributed by atoms with van der Waals surface area (Å²) >= 11 is 0. The lowest BCUT2D eigenvalue weighted by atomic mass is 10.2. The van der Waals surface area contributed by atoms with Gasteiger partial charge in [0, 0.05) is 30.8 Å². The molecule has 0 fully saturated rings. The third-order valence-electron chi connectivity index (χ3n) is 4.12. The molecule has 3 N–H and O–H groups in total. The van der Waals surface area contributed by atoms with Crippen LogP contribution in [0.25, 0.3) is 0 Å². The summed E-state index contributed by atoms with van der Waals surface area (Å²) in [7, 11) is 1.58. The second kappa shape index (κ2) is 15.1. The maximum Gasteiger partial charge on any atom is 0.251 e. The van der Waals surface area contributed by atoms with E-state index in [4.69, 9.17) is 9.47 Å². The molecule has 0 atom stereocenters. The fourth-order valence-electron chi connectivity index (χ4n) is 2.65. The summed E-state index contributed by atoms with van der Waals surface area (Å²) in [5.74, 6) is 1.97. The first-order valence-electron chi connectivity index (χ1n) is 9.94. The molecule has 0 bridgehead atoms. The van der Waals surface area contributed by atoms with Gasteiger partial charge in [0.1, 0.15) is 18.1 Å². The average molecular weight is 538 g/mol. The van der Waals surface area contributed by atoms with Crippen molar-refractivity contribution >= 4 is 35.8 Å². The van der Waals surface area contributed by atoms with Crippen molar-refractivity contribution in [1.82, 2.24) is 16.0 Å². The first-order chi connectivity index (χ1) is 14.7. The maximum absolute atomic E-state index is 12.3. The van der Waals surface area contributed by atoms with Gasteiger partial charge in [-0.25, -0.2) is 4.99 Å². The molecule has 168 valence electrons. The number of rotatable bonds is 11. The van der Waals surface area contributed by atoms with E-state index in [0.29, 0.717) is 43.5 Å². The van der Waals surface area contributed by atoms with Gasteiger partial charge in [-0.05, 0) is 31.2 Å². The lowest BCUT2D eigenvalue weighted by Gasteiger charge is -2.13. The molecule has 7 nitrogen and oxygen atoms in total. The van der Waals surface area contributed by atoms with Crippen molar-refractivity contribution in [2.75, 3.05) is 33.4 Å². The van der Waals surface area contributed by atoms with Crippen molar-refractivity contribution in [2.45, 2.75) is 13.5 Å². The van der Waals surface area contributed by atoms with Gasteiger partial charge in [0.25, 0.3) is 5.91 Å². The van der Waals surface area contributed by atoms with Crippen LogP contribution in [0.3, 0.4) is 0 Å². The number of hydrogen-bond acceptors (Lipinski definition) is 4. The Hall–Kier alpha value is -2.75. The van der Waals surface area contributed by atoms with Crippen LogP contribution in [-0.4, -0.2) is 45.2 Å². The molecule has 0 saturated carbocycles. The smallest absolute Gasteiger partial charge is 0.251 e. The summed E-state index contributed by atoms with van der Waals surface area (Å²) in [5.41, 5.74) is 1.55. The van der Waals surface area contributed by atoms with E-state index < -0.39 is 0 Å². The van der Waals surface area contributed by atoms with Crippen molar-refractivity contribution in [3.63, 3.8) is 0 Å². The molecular formula is C23H31IN4O3. The van der Waals surface area contributed by atoms with Crippen molar-refractivity contribution in [1.29, 1.82) is 0 Å². The molecule has 0 heterocycles. The topological polar surface area (TPSA) is 84.0 Å². The van der Waals surface area contributed by atoms with Crippen molar-refractivity contribution in [3.05, 3.63) is 72.3 Å². The molecule has 0 spiro atoms. The van der Waals surface area contributed by atoms with Crippen LogP contribution >= 0.6 is 24.0 Å². The zero-order valence-electron chi connectivity index (χ0n) is 18.0. The first kappa shape index (κ1) is 26.3. The van der Waals surface area contributed by atoms with Crippen LogP contribution in [-0.2, 0) is 6.54 Å². The van der Waals surface area contributed by atoms with Gasteiger partial charge >= 0.3 is 0 Å². The van der Waals surface area contributed by atoms with Crippen LogP contribution in [0.4, 0.5) is 0 Å². The number of hydrogen-bond donors (Lipinski definition) is 3. The van der Waals surface area contributed by atoms with E-state index >= 15 is 0 Å². The Morgan fingerprint density at radius 1 is 1.10 bits per heavy atom. The second-order valence-electron chi connectivity index (χ2n) is 6.32. The highest BCUT2D eigenvalue weighted by atomic mass is 127. The number of nitrogens with zero attached hydrogens (tertiary/aromatic N) is 1. The average Bonchev–Trinajstić information content (AvgIpc) is 2.79. The van der Waals surface area contributed by atoms with Gasteiger partial charge in [0.05, 0.1) is 13.7 Å². The molecule has 2 aromatic carbocycles. The van der Waals surface area contributed by atoms with Gasteiger partial charge in [-0.1, -0.05) is 36.9 Å². The lowest BCUT2D eigenvalue weighted by molar-refractivity contribution is 0.0954. The number of nitrogens with one attached hydrogen (secondary N) is 3. The van der Waals surface area contributed by atoms with Crippen LogP contribution in [0.2, 0.25) is 0 Å². The number of guanidine groups is 1. The highest BCUT2D eigenvalue weighted by Gasteiger charge is 2.06. The van der Waals surface area contributed by atoms with E-state index in [9.17, 15) is 4.79 Å². The summed E-state index contributed by atoms with van der Waals surface area (Å²) in [6.07, 6.45) is 1.71. The summed E-state index contributed by atoms with van der Waals surface area (Å²) in [6, 6.07) is 14.8. The fraction of sp³-hybridized carbons (Fsp3) is 0.304. The molecule has 0 saturated heterocycles. The molecule has 0 aliphatic rings. The van der Waals surface area contributed by atoms with Gasteiger partial charge in [-0.15, -0.1) is 24.0 Å². The number of carbonyl (C=O) groups is 1. The molecule has 0 aliphatic heterocycles. The minimum atomic E-state index is -0.147. The number of para-hydroxylation sites is 1.